The number of rotatable bonds is 3. The first kappa shape index (κ1) is 13.7. The van der Waals surface area contributed by atoms with E-state index >= 15 is 0 Å². The molecule has 1 aromatic carbocycles. The standard InChI is InChI=1S/C18H23F2N/c1-10(15-3-2-4-16(19)17(15)20)21-18-13-6-11-5-12(8-13)9-14(18)7-11/h2-4,10-14,18,21H,5-9H2,1H3. The molecule has 114 valence electrons. The van der Waals surface area contributed by atoms with Gasteiger partial charge in [0.1, 0.15) is 0 Å². The zero-order valence-electron chi connectivity index (χ0n) is 12.5. The van der Waals surface area contributed by atoms with E-state index < -0.39 is 11.6 Å². The van der Waals surface area contributed by atoms with Crippen molar-refractivity contribution in [2.24, 2.45) is 23.7 Å². The molecule has 0 radical (unpaired) electrons. The highest BCUT2D eigenvalue weighted by molar-refractivity contribution is 5.22. The Bertz CT molecular complexity index is 514. The van der Waals surface area contributed by atoms with Crippen LogP contribution in [0.3, 0.4) is 0 Å². The first-order valence-corrected chi connectivity index (χ1v) is 8.31. The fraction of sp³-hybridized carbons (Fsp3) is 0.667. The van der Waals surface area contributed by atoms with Gasteiger partial charge in [0.05, 0.1) is 0 Å². The SMILES string of the molecule is CC(NC1C2CC3CC(C2)CC1C3)c1cccc(F)c1F. The van der Waals surface area contributed by atoms with Gasteiger partial charge in [-0.25, -0.2) is 8.78 Å². The van der Waals surface area contributed by atoms with E-state index in [-0.39, 0.29) is 6.04 Å². The second kappa shape index (κ2) is 5.05. The minimum atomic E-state index is -0.744. The number of hydrogen-bond acceptors (Lipinski definition) is 1. The molecule has 4 fully saturated rings. The summed E-state index contributed by atoms with van der Waals surface area (Å²) in [4.78, 5) is 0. The van der Waals surface area contributed by atoms with Crippen LogP contribution in [0.5, 0.6) is 0 Å². The summed E-state index contributed by atoms with van der Waals surface area (Å²) < 4.78 is 27.4. The normalized spacial score (nSPS) is 38.7. The van der Waals surface area contributed by atoms with Crippen LogP contribution in [0.1, 0.15) is 50.6 Å². The quantitative estimate of drug-likeness (QED) is 0.868. The molecule has 0 amide bonds. The van der Waals surface area contributed by atoms with Gasteiger partial charge in [-0.1, -0.05) is 12.1 Å². The van der Waals surface area contributed by atoms with Crippen LogP contribution in [0.2, 0.25) is 0 Å². The molecule has 0 aliphatic heterocycles. The fourth-order valence-electron chi connectivity index (χ4n) is 5.43. The Labute approximate surface area is 125 Å². The Morgan fingerprint density at radius 2 is 1.62 bits per heavy atom. The minimum absolute atomic E-state index is 0.122. The third kappa shape index (κ3) is 2.30. The molecule has 4 aliphatic rings. The Kier molecular flexibility index (Phi) is 3.29. The lowest BCUT2D eigenvalue weighted by Crippen LogP contribution is -2.54. The van der Waals surface area contributed by atoms with Crippen molar-refractivity contribution in [3.8, 4) is 0 Å². The van der Waals surface area contributed by atoms with Gasteiger partial charge in [0.15, 0.2) is 11.6 Å². The maximum Gasteiger partial charge on any atom is 0.163 e. The van der Waals surface area contributed by atoms with Crippen molar-refractivity contribution in [1.82, 2.24) is 5.32 Å². The van der Waals surface area contributed by atoms with Crippen LogP contribution in [0.25, 0.3) is 0 Å². The van der Waals surface area contributed by atoms with Gasteiger partial charge in [0.2, 0.25) is 0 Å². The van der Waals surface area contributed by atoms with Crippen LogP contribution < -0.4 is 5.32 Å². The van der Waals surface area contributed by atoms with Gasteiger partial charge in [0.25, 0.3) is 0 Å². The molecule has 1 aromatic rings. The minimum Gasteiger partial charge on any atom is -0.307 e. The summed E-state index contributed by atoms with van der Waals surface area (Å²) in [5.41, 5.74) is 0.462. The lowest BCUT2D eigenvalue weighted by atomic mass is 9.54. The molecule has 0 aromatic heterocycles. The first-order chi connectivity index (χ1) is 10.1. The summed E-state index contributed by atoms with van der Waals surface area (Å²) in [5.74, 6) is 1.94. The molecule has 1 nitrogen and oxygen atoms in total. The first-order valence-electron chi connectivity index (χ1n) is 8.31. The van der Waals surface area contributed by atoms with Crippen LogP contribution >= 0.6 is 0 Å². The lowest BCUT2D eigenvalue weighted by molar-refractivity contribution is -0.0172. The third-order valence-electron chi connectivity index (χ3n) is 6.12. The van der Waals surface area contributed by atoms with E-state index in [0.717, 1.165) is 23.7 Å². The molecule has 4 saturated carbocycles. The van der Waals surface area contributed by atoms with E-state index in [2.05, 4.69) is 5.32 Å². The summed E-state index contributed by atoms with van der Waals surface area (Å²) in [5, 5.41) is 3.64. The average Bonchev–Trinajstić information content (AvgIpc) is 2.45. The second-order valence-electron chi connectivity index (χ2n) is 7.49. The zero-order chi connectivity index (χ0) is 14.6. The van der Waals surface area contributed by atoms with E-state index in [4.69, 9.17) is 0 Å². The van der Waals surface area contributed by atoms with Gasteiger partial charge in [-0.15, -0.1) is 0 Å². The van der Waals surface area contributed by atoms with Crippen molar-refractivity contribution < 1.29 is 8.78 Å². The molecular weight excluding hydrogens is 268 g/mol. The van der Waals surface area contributed by atoms with Crippen LogP contribution in [0, 0.1) is 35.3 Å². The molecule has 3 heteroatoms. The van der Waals surface area contributed by atoms with Crippen molar-refractivity contribution in [1.29, 1.82) is 0 Å². The topological polar surface area (TPSA) is 12.0 Å². The molecule has 1 unspecified atom stereocenters. The molecule has 1 atom stereocenters. The Hall–Kier alpha value is -0.960. The molecular formula is C18H23F2N. The number of hydrogen-bond donors (Lipinski definition) is 1. The van der Waals surface area contributed by atoms with Gasteiger partial charge in [0, 0.05) is 17.6 Å². The summed E-state index contributed by atoms with van der Waals surface area (Å²) in [6, 6.07) is 4.86. The van der Waals surface area contributed by atoms with E-state index in [1.54, 1.807) is 12.1 Å². The number of halogens is 2. The fourth-order valence-corrected chi connectivity index (χ4v) is 5.43. The van der Waals surface area contributed by atoms with Gasteiger partial charge < -0.3 is 5.32 Å². The van der Waals surface area contributed by atoms with Gasteiger partial charge in [-0.05, 0) is 68.8 Å². The molecule has 0 heterocycles. The summed E-state index contributed by atoms with van der Waals surface area (Å²) in [6.07, 6.45) is 6.78. The van der Waals surface area contributed by atoms with Gasteiger partial charge in [-0.3, -0.25) is 0 Å². The lowest BCUT2D eigenvalue weighted by Gasteiger charge is -2.55. The van der Waals surface area contributed by atoms with Gasteiger partial charge in [-0.2, -0.15) is 0 Å². The predicted molar refractivity (Wildman–Crippen MR) is 78.7 cm³/mol. The molecule has 1 N–H and O–H groups in total. The summed E-state index contributed by atoms with van der Waals surface area (Å²) >= 11 is 0. The maximum absolute atomic E-state index is 14.0. The highest BCUT2D eigenvalue weighted by Crippen LogP contribution is 2.54. The largest absolute Gasteiger partial charge is 0.307 e. The molecule has 0 saturated heterocycles. The van der Waals surface area contributed by atoms with E-state index in [9.17, 15) is 8.78 Å². The Morgan fingerprint density at radius 3 is 2.24 bits per heavy atom. The maximum atomic E-state index is 14.0. The van der Waals surface area contributed by atoms with E-state index in [0.29, 0.717) is 11.6 Å². The van der Waals surface area contributed by atoms with Crippen molar-refractivity contribution in [3.05, 3.63) is 35.4 Å². The van der Waals surface area contributed by atoms with Gasteiger partial charge >= 0.3 is 0 Å². The van der Waals surface area contributed by atoms with Crippen LogP contribution in [0.4, 0.5) is 8.78 Å². The highest BCUT2D eigenvalue weighted by atomic mass is 19.2. The van der Waals surface area contributed by atoms with E-state index in [1.165, 1.54) is 38.2 Å². The molecule has 21 heavy (non-hydrogen) atoms. The van der Waals surface area contributed by atoms with E-state index in [1.807, 2.05) is 6.92 Å². The molecule has 0 spiro atoms. The Morgan fingerprint density at radius 1 is 1.00 bits per heavy atom. The summed E-state index contributed by atoms with van der Waals surface area (Å²) in [7, 11) is 0. The average molecular weight is 291 g/mol. The molecule has 4 bridgehead atoms. The monoisotopic (exact) mass is 291 g/mol. The molecule has 4 aliphatic carbocycles. The van der Waals surface area contributed by atoms with Crippen LogP contribution in [-0.4, -0.2) is 6.04 Å². The van der Waals surface area contributed by atoms with Crippen LogP contribution in [-0.2, 0) is 0 Å². The Balaban J connectivity index is 1.52. The highest BCUT2D eigenvalue weighted by Gasteiger charge is 2.48. The zero-order valence-corrected chi connectivity index (χ0v) is 12.5. The van der Waals surface area contributed by atoms with Crippen molar-refractivity contribution >= 4 is 0 Å². The van der Waals surface area contributed by atoms with Crippen molar-refractivity contribution in [2.45, 2.75) is 51.1 Å². The third-order valence-corrected chi connectivity index (χ3v) is 6.12. The smallest absolute Gasteiger partial charge is 0.163 e. The summed E-state index contributed by atoms with van der Waals surface area (Å²) in [6.45, 7) is 1.96. The van der Waals surface area contributed by atoms with Crippen LogP contribution in [0.15, 0.2) is 18.2 Å². The number of nitrogens with one attached hydrogen (secondary N) is 1. The number of benzene rings is 1. The molecule has 5 rings (SSSR count). The predicted octanol–water partition coefficient (Wildman–Crippen LogP) is 4.44. The van der Waals surface area contributed by atoms with Crippen molar-refractivity contribution in [3.63, 3.8) is 0 Å². The van der Waals surface area contributed by atoms with Crippen molar-refractivity contribution in [2.75, 3.05) is 0 Å². The second-order valence-corrected chi connectivity index (χ2v) is 7.49.